The normalized spacial score (nSPS) is 14.4. The van der Waals surface area contributed by atoms with Crippen LogP contribution in [0.5, 0.6) is 5.75 Å². The number of hydrogen-bond acceptors (Lipinski definition) is 3. The number of nitrogens with zero attached hydrogens (tertiary/aromatic N) is 3. The van der Waals surface area contributed by atoms with E-state index in [1.807, 2.05) is 65.2 Å². The minimum absolute atomic E-state index is 0.00344. The SMILES string of the molecule is CC(c1cccc(O)c1)N1CCn2cc(-c3c[nH]c4ncc(-c5ccccc5)cc34)cc2C1=O. The Balaban J connectivity index is 1.35. The number of carbonyl (C=O) groups is 1. The number of nitrogens with one attached hydrogen (secondary N) is 1. The molecule has 6 heteroatoms. The van der Waals surface area contributed by atoms with Crippen molar-refractivity contribution in [2.75, 3.05) is 6.54 Å². The van der Waals surface area contributed by atoms with Crippen molar-refractivity contribution in [3.63, 3.8) is 0 Å². The average Bonchev–Trinajstić information content (AvgIpc) is 3.48. The molecule has 168 valence electrons. The van der Waals surface area contributed by atoms with Crippen LogP contribution >= 0.6 is 0 Å². The highest BCUT2D eigenvalue weighted by Crippen LogP contribution is 2.34. The summed E-state index contributed by atoms with van der Waals surface area (Å²) in [7, 11) is 0. The third kappa shape index (κ3) is 3.35. The number of carbonyl (C=O) groups excluding carboxylic acids is 1. The first-order valence-electron chi connectivity index (χ1n) is 11.4. The number of pyridine rings is 1. The van der Waals surface area contributed by atoms with Crippen molar-refractivity contribution in [2.45, 2.75) is 19.5 Å². The van der Waals surface area contributed by atoms with Gasteiger partial charge in [0.15, 0.2) is 0 Å². The molecular weight excluding hydrogens is 424 g/mol. The second-order valence-corrected chi connectivity index (χ2v) is 8.77. The molecule has 2 aromatic carbocycles. The van der Waals surface area contributed by atoms with Crippen LogP contribution in [-0.2, 0) is 6.54 Å². The van der Waals surface area contributed by atoms with Crippen molar-refractivity contribution in [2.24, 2.45) is 0 Å². The number of H-pyrrole nitrogens is 1. The number of phenolic OH excluding ortho intramolecular Hbond substituents is 1. The van der Waals surface area contributed by atoms with E-state index < -0.39 is 0 Å². The van der Waals surface area contributed by atoms with Gasteiger partial charge in [-0.1, -0.05) is 42.5 Å². The third-order valence-electron chi connectivity index (χ3n) is 6.73. The van der Waals surface area contributed by atoms with E-state index in [-0.39, 0.29) is 17.7 Å². The molecule has 0 spiro atoms. The summed E-state index contributed by atoms with van der Waals surface area (Å²) in [4.78, 5) is 23.2. The van der Waals surface area contributed by atoms with E-state index in [4.69, 9.17) is 0 Å². The van der Waals surface area contributed by atoms with Crippen molar-refractivity contribution in [1.82, 2.24) is 19.4 Å². The number of fused-ring (bicyclic) bond motifs is 2. The molecule has 0 aliphatic carbocycles. The third-order valence-corrected chi connectivity index (χ3v) is 6.73. The van der Waals surface area contributed by atoms with Gasteiger partial charge in [-0.3, -0.25) is 4.79 Å². The highest BCUT2D eigenvalue weighted by Gasteiger charge is 2.30. The molecule has 6 rings (SSSR count). The van der Waals surface area contributed by atoms with Crippen LogP contribution in [0.4, 0.5) is 0 Å². The molecule has 1 aliphatic rings. The maximum absolute atomic E-state index is 13.4. The molecule has 1 unspecified atom stereocenters. The topological polar surface area (TPSA) is 74.2 Å². The van der Waals surface area contributed by atoms with Crippen LogP contribution in [0, 0.1) is 0 Å². The molecule has 0 fully saturated rings. The number of aromatic nitrogens is 3. The zero-order valence-corrected chi connectivity index (χ0v) is 18.8. The lowest BCUT2D eigenvalue weighted by molar-refractivity contribution is 0.0632. The largest absolute Gasteiger partial charge is 0.508 e. The molecule has 6 nitrogen and oxygen atoms in total. The number of aromatic amines is 1. The van der Waals surface area contributed by atoms with Crippen molar-refractivity contribution in [1.29, 1.82) is 0 Å². The zero-order chi connectivity index (χ0) is 23.2. The van der Waals surface area contributed by atoms with Gasteiger partial charge in [0.1, 0.15) is 17.1 Å². The summed E-state index contributed by atoms with van der Waals surface area (Å²) in [5.41, 5.74) is 6.62. The zero-order valence-electron chi connectivity index (χ0n) is 18.8. The molecule has 1 amide bonds. The second kappa shape index (κ2) is 7.92. The maximum atomic E-state index is 13.4. The first-order chi connectivity index (χ1) is 16.6. The number of aromatic hydroxyl groups is 1. The first-order valence-corrected chi connectivity index (χ1v) is 11.4. The maximum Gasteiger partial charge on any atom is 0.271 e. The Kier molecular flexibility index (Phi) is 4.73. The van der Waals surface area contributed by atoms with Crippen LogP contribution in [0.25, 0.3) is 33.3 Å². The molecule has 2 N–H and O–H groups in total. The summed E-state index contributed by atoms with van der Waals surface area (Å²) in [5, 5.41) is 10.9. The number of phenols is 1. The predicted molar refractivity (Wildman–Crippen MR) is 133 cm³/mol. The van der Waals surface area contributed by atoms with Gasteiger partial charge in [-0.05, 0) is 42.3 Å². The fourth-order valence-electron chi connectivity index (χ4n) is 4.85. The molecule has 34 heavy (non-hydrogen) atoms. The van der Waals surface area contributed by atoms with Gasteiger partial charge >= 0.3 is 0 Å². The van der Waals surface area contributed by atoms with Crippen LogP contribution in [-0.4, -0.2) is 37.0 Å². The van der Waals surface area contributed by atoms with E-state index in [1.165, 1.54) is 0 Å². The molecule has 0 saturated carbocycles. The van der Waals surface area contributed by atoms with Crippen molar-refractivity contribution >= 4 is 16.9 Å². The van der Waals surface area contributed by atoms with Crippen LogP contribution in [0.2, 0.25) is 0 Å². The van der Waals surface area contributed by atoms with Crippen molar-refractivity contribution in [3.8, 4) is 28.0 Å². The Labute approximate surface area is 197 Å². The number of hydrogen-bond donors (Lipinski definition) is 2. The summed E-state index contributed by atoms with van der Waals surface area (Å²) >= 11 is 0. The minimum atomic E-state index is -0.127. The van der Waals surface area contributed by atoms with E-state index in [2.05, 4.69) is 34.4 Å². The van der Waals surface area contributed by atoms with Crippen LogP contribution < -0.4 is 0 Å². The van der Waals surface area contributed by atoms with E-state index in [0.29, 0.717) is 12.2 Å². The second-order valence-electron chi connectivity index (χ2n) is 8.77. The summed E-state index contributed by atoms with van der Waals surface area (Å²) in [6.07, 6.45) is 5.90. The van der Waals surface area contributed by atoms with Gasteiger partial charge in [0.2, 0.25) is 0 Å². The smallest absolute Gasteiger partial charge is 0.271 e. The highest BCUT2D eigenvalue weighted by molar-refractivity contribution is 5.99. The van der Waals surface area contributed by atoms with Gasteiger partial charge in [0.05, 0.1) is 6.04 Å². The minimum Gasteiger partial charge on any atom is -0.508 e. The van der Waals surface area contributed by atoms with E-state index in [9.17, 15) is 9.90 Å². The Hall–Kier alpha value is -4.32. The predicted octanol–water partition coefficient (Wildman–Crippen LogP) is 5.62. The monoisotopic (exact) mass is 448 g/mol. The fourth-order valence-corrected chi connectivity index (χ4v) is 4.85. The van der Waals surface area contributed by atoms with E-state index in [1.54, 1.807) is 12.1 Å². The van der Waals surface area contributed by atoms with E-state index in [0.717, 1.165) is 45.4 Å². The summed E-state index contributed by atoms with van der Waals surface area (Å²) in [6.45, 7) is 3.34. The van der Waals surface area contributed by atoms with Crippen LogP contribution in [0.1, 0.15) is 29.0 Å². The molecule has 0 bridgehead atoms. The molecular formula is C28H24N4O2. The molecule has 5 aromatic rings. The Morgan fingerprint density at radius 3 is 2.65 bits per heavy atom. The first kappa shape index (κ1) is 20.3. The summed E-state index contributed by atoms with van der Waals surface area (Å²) in [6, 6.07) is 21.3. The summed E-state index contributed by atoms with van der Waals surface area (Å²) < 4.78 is 2.04. The lowest BCUT2D eigenvalue weighted by Gasteiger charge is -2.33. The molecule has 3 aromatic heterocycles. The van der Waals surface area contributed by atoms with Crippen LogP contribution in [0.15, 0.2) is 85.3 Å². The number of amides is 1. The fraction of sp³-hybridized carbons (Fsp3) is 0.143. The molecule has 4 heterocycles. The van der Waals surface area contributed by atoms with Gasteiger partial charge in [-0.2, -0.15) is 0 Å². The quantitative estimate of drug-likeness (QED) is 0.375. The van der Waals surface area contributed by atoms with Gasteiger partial charge in [0.25, 0.3) is 5.91 Å². The van der Waals surface area contributed by atoms with Gasteiger partial charge in [-0.15, -0.1) is 0 Å². The average molecular weight is 449 g/mol. The number of benzene rings is 2. The highest BCUT2D eigenvalue weighted by atomic mass is 16.3. The Bertz CT molecular complexity index is 1520. The van der Waals surface area contributed by atoms with Gasteiger partial charge in [-0.25, -0.2) is 4.98 Å². The van der Waals surface area contributed by atoms with Crippen molar-refractivity contribution < 1.29 is 9.90 Å². The lowest BCUT2D eigenvalue weighted by Crippen LogP contribution is -2.41. The van der Waals surface area contributed by atoms with Gasteiger partial charge < -0.3 is 19.6 Å². The van der Waals surface area contributed by atoms with Gasteiger partial charge in [0, 0.05) is 53.8 Å². The van der Waals surface area contributed by atoms with Crippen LogP contribution in [0.3, 0.4) is 0 Å². The lowest BCUT2D eigenvalue weighted by atomic mass is 10.0. The Morgan fingerprint density at radius 2 is 1.82 bits per heavy atom. The molecule has 0 radical (unpaired) electrons. The Morgan fingerprint density at radius 1 is 0.971 bits per heavy atom. The molecule has 1 atom stereocenters. The summed E-state index contributed by atoms with van der Waals surface area (Å²) in [5.74, 6) is 0.207. The van der Waals surface area contributed by atoms with Crippen molar-refractivity contribution in [3.05, 3.63) is 96.6 Å². The molecule has 0 saturated heterocycles. The molecule has 1 aliphatic heterocycles. The standard InChI is InChI=1S/C28H24N4O2/c1-18(20-8-5-9-23(33)12-20)32-11-10-31-17-22(14-26(31)28(32)34)25-16-30-27-24(25)13-21(15-29-27)19-6-3-2-4-7-19/h2-9,12-18,33H,10-11H2,1H3,(H,29,30). The van der Waals surface area contributed by atoms with E-state index >= 15 is 0 Å². The number of rotatable bonds is 4.